The Morgan fingerprint density at radius 2 is 1.60 bits per heavy atom. The highest BCUT2D eigenvalue weighted by atomic mass is 16.4. The maximum atomic E-state index is 12.9. The Balaban J connectivity index is 1.24. The molecule has 180 valence electrons. The van der Waals surface area contributed by atoms with Crippen LogP contribution in [0.15, 0.2) is 66.7 Å². The molecule has 0 unspecified atom stereocenters. The predicted octanol–water partition coefficient (Wildman–Crippen LogP) is 7.01. The van der Waals surface area contributed by atoms with Crippen LogP contribution < -0.4 is 10.2 Å². The van der Waals surface area contributed by atoms with E-state index in [9.17, 15) is 9.59 Å². The van der Waals surface area contributed by atoms with Crippen LogP contribution in [0.5, 0.6) is 0 Å². The Morgan fingerprint density at radius 3 is 2.29 bits per heavy atom. The monoisotopic (exact) mass is 468 g/mol. The lowest BCUT2D eigenvalue weighted by Crippen LogP contribution is -2.33. The maximum absolute atomic E-state index is 12.9. The first-order chi connectivity index (χ1) is 17.0. The fraction of sp³-hybridized carbons (Fsp3) is 0.333. The van der Waals surface area contributed by atoms with Crippen LogP contribution in [0.25, 0.3) is 11.1 Å². The van der Waals surface area contributed by atoms with Gasteiger partial charge >= 0.3 is 12.0 Å². The summed E-state index contributed by atoms with van der Waals surface area (Å²) in [5.41, 5.74) is 7.84. The van der Waals surface area contributed by atoms with Crippen LogP contribution in [-0.2, 0) is 11.2 Å². The fourth-order valence-corrected chi connectivity index (χ4v) is 5.51. The lowest BCUT2D eigenvalue weighted by atomic mass is 9.77. The van der Waals surface area contributed by atoms with E-state index >= 15 is 0 Å². The van der Waals surface area contributed by atoms with Crippen molar-refractivity contribution >= 4 is 23.4 Å². The number of anilines is 2. The van der Waals surface area contributed by atoms with Gasteiger partial charge in [-0.15, -0.1) is 0 Å². The molecule has 0 bridgehead atoms. The highest BCUT2D eigenvalue weighted by Gasteiger charge is 2.26. The number of amides is 2. The van der Waals surface area contributed by atoms with Gasteiger partial charge in [-0.25, -0.2) is 4.79 Å². The van der Waals surface area contributed by atoms with E-state index in [1.807, 2.05) is 36.1 Å². The molecule has 0 atom stereocenters. The zero-order valence-electron chi connectivity index (χ0n) is 20.2. The van der Waals surface area contributed by atoms with Crippen molar-refractivity contribution in [1.29, 1.82) is 0 Å². The molecule has 0 radical (unpaired) electrons. The zero-order chi connectivity index (χ0) is 24.4. The fourth-order valence-electron chi connectivity index (χ4n) is 5.51. The standard InChI is InChI=1S/C30H32N2O3/c1-20-2-13-27(14-3-20)31-30(35)32-17-16-26-19-25(12-15-28(26)32)24-10-8-23(9-11-24)22-6-4-21(5-7-22)18-29(33)34/h2-3,8-15,19,21-22H,4-7,16-18H2,1H3,(H,31,35)(H,33,34)/t21-,22-. The molecule has 5 nitrogen and oxygen atoms in total. The number of fused-ring (bicyclic) bond motifs is 1. The molecular weight excluding hydrogens is 436 g/mol. The van der Waals surface area contributed by atoms with Crippen molar-refractivity contribution in [3.63, 3.8) is 0 Å². The number of nitrogens with one attached hydrogen (secondary N) is 1. The van der Waals surface area contributed by atoms with E-state index < -0.39 is 5.97 Å². The molecule has 5 heteroatoms. The van der Waals surface area contributed by atoms with E-state index in [1.54, 1.807) is 0 Å². The quantitative estimate of drug-likeness (QED) is 0.423. The zero-order valence-corrected chi connectivity index (χ0v) is 20.2. The second-order valence-electron chi connectivity index (χ2n) is 9.98. The molecule has 1 fully saturated rings. The van der Waals surface area contributed by atoms with Crippen LogP contribution in [0.1, 0.15) is 54.7 Å². The van der Waals surface area contributed by atoms with Crippen molar-refractivity contribution < 1.29 is 14.7 Å². The van der Waals surface area contributed by atoms with Gasteiger partial charge < -0.3 is 10.4 Å². The van der Waals surface area contributed by atoms with E-state index in [0.717, 1.165) is 49.0 Å². The van der Waals surface area contributed by atoms with Gasteiger partial charge in [0.1, 0.15) is 0 Å². The molecule has 1 aliphatic carbocycles. The van der Waals surface area contributed by atoms with Crippen LogP contribution in [0.4, 0.5) is 16.2 Å². The van der Waals surface area contributed by atoms with Gasteiger partial charge in [0.25, 0.3) is 0 Å². The van der Waals surface area contributed by atoms with E-state index in [2.05, 4.69) is 47.8 Å². The van der Waals surface area contributed by atoms with Crippen molar-refractivity contribution in [2.75, 3.05) is 16.8 Å². The molecule has 3 aromatic rings. The van der Waals surface area contributed by atoms with Crippen LogP contribution in [-0.4, -0.2) is 23.7 Å². The van der Waals surface area contributed by atoms with Gasteiger partial charge in [0.15, 0.2) is 0 Å². The normalized spacial score (nSPS) is 19.3. The minimum absolute atomic E-state index is 0.0946. The second-order valence-corrected chi connectivity index (χ2v) is 9.98. The molecule has 2 amide bonds. The van der Waals surface area contributed by atoms with Gasteiger partial charge in [-0.1, -0.05) is 48.0 Å². The number of carboxylic acids is 1. The van der Waals surface area contributed by atoms with Crippen LogP contribution in [0.2, 0.25) is 0 Å². The van der Waals surface area contributed by atoms with E-state index in [1.165, 1.54) is 22.3 Å². The number of aliphatic carboxylic acids is 1. The highest BCUT2D eigenvalue weighted by Crippen LogP contribution is 2.38. The molecule has 2 N–H and O–H groups in total. The lowest BCUT2D eigenvalue weighted by Gasteiger charge is -2.28. The first-order valence-electron chi connectivity index (χ1n) is 12.6. The van der Waals surface area contributed by atoms with Crippen molar-refractivity contribution in [2.45, 2.75) is 51.4 Å². The van der Waals surface area contributed by atoms with E-state index in [0.29, 0.717) is 24.8 Å². The number of hydrogen-bond acceptors (Lipinski definition) is 2. The number of urea groups is 1. The SMILES string of the molecule is Cc1ccc(NC(=O)N2CCc3cc(-c4ccc([C@H]5CC[C@H](CC(=O)O)CC5)cc4)ccc32)cc1. The van der Waals surface area contributed by atoms with Gasteiger partial charge in [0.2, 0.25) is 0 Å². The van der Waals surface area contributed by atoms with Gasteiger partial charge in [-0.05, 0) is 97.4 Å². The van der Waals surface area contributed by atoms with Crippen LogP contribution in [0, 0.1) is 12.8 Å². The highest BCUT2D eigenvalue weighted by molar-refractivity contribution is 6.03. The Morgan fingerprint density at radius 1 is 0.914 bits per heavy atom. The number of nitrogens with zero attached hydrogens (tertiary/aromatic N) is 1. The predicted molar refractivity (Wildman–Crippen MR) is 140 cm³/mol. The Hall–Kier alpha value is -3.60. The molecule has 2 aliphatic rings. The van der Waals surface area contributed by atoms with Gasteiger partial charge in [-0.2, -0.15) is 0 Å². The number of carboxylic acid groups (broad SMARTS) is 1. The van der Waals surface area contributed by atoms with Crippen molar-refractivity contribution in [3.8, 4) is 11.1 Å². The van der Waals surface area contributed by atoms with Gasteiger partial charge in [0.05, 0.1) is 0 Å². The largest absolute Gasteiger partial charge is 0.481 e. The molecule has 35 heavy (non-hydrogen) atoms. The number of hydrogen-bond donors (Lipinski definition) is 2. The molecular formula is C30H32N2O3. The number of rotatable bonds is 5. The summed E-state index contributed by atoms with van der Waals surface area (Å²) in [6.45, 7) is 2.71. The summed E-state index contributed by atoms with van der Waals surface area (Å²) in [4.78, 5) is 25.7. The third kappa shape index (κ3) is 5.24. The van der Waals surface area contributed by atoms with Gasteiger partial charge in [0, 0.05) is 24.3 Å². The van der Waals surface area contributed by atoms with Crippen LogP contribution in [0.3, 0.4) is 0 Å². The third-order valence-electron chi connectivity index (χ3n) is 7.55. The van der Waals surface area contributed by atoms with Crippen LogP contribution >= 0.6 is 0 Å². The molecule has 1 saturated carbocycles. The minimum Gasteiger partial charge on any atom is -0.481 e. The van der Waals surface area contributed by atoms with Crippen molar-refractivity contribution in [3.05, 3.63) is 83.4 Å². The molecule has 1 aliphatic heterocycles. The molecule has 1 heterocycles. The minimum atomic E-state index is -0.679. The number of aryl methyl sites for hydroxylation is 1. The lowest BCUT2D eigenvalue weighted by molar-refractivity contribution is -0.138. The van der Waals surface area contributed by atoms with Crippen molar-refractivity contribution in [1.82, 2.24) is 0 Å². The summed E-state index contributed by atoms with van der Waals surface area (Å²) in [5, 5.41) is 12.0. The topological polar surface area (TPSA) is 69.6 Å². The van der Waals surface area contributed by atoms with Gasteiger partial charge in [-0.3, -0.25) is 9.69 Å². The Kier molecular flexibility index (Phi) is 6.58. The Labute approximate surface area is 206 Å². The second kappa shape index (κ2) is 9.95. The first kappa shape index (κ1) is 23.2. The summed E-state index contributed by atoms with van der Waals surface area (Å²) < 4.78 is 0. The summed E-state index contributed by atoms with van der Waals surface area (Å²) in [5.74, 6) is 0.171. The smallest absolute Gasteiger partial charge is 0.326 e. The molecule has 0 aromatic heterocycles. The first-order valence-corrected chi connectivity index (χ1v) is 12.6. The van der Waals surface area contributed by atoms with E-state index in [-0.39, 0.29) is 6.03 Å². The molecule has 3 aromatic carbocycles. The maximum Gasteiger partial charge on any atom is 0.326 e. The molecule has 5 rings (SSSR count). The summed E-state index contributed by atoms with van der Waals surface area (Å²) >= 11 is 0. The summed E-state index contributed by atoms with van der Waals surface area (Å²) in [7, 11) is 0. The van der Waals surface area contributed by atoms with E-state index in [4.69, 9.17) is 5.11 Å². The molecule has 0 saturated heterocycles. The molecule has 0 spiro atoms. The number of carbonyl (C=O) groups is 2. The number of carbonyl (C=O) groups excluding carboxylic acids is 1. The van der Waals surface area contributed by atoms with Crippen molar-refractivity contribution in [2.24, 2.45) is 5.92 Å². The Bertz CT molecular complexity index is 1210. The summed E-state index contributed by atoms with van der Waals surface area (Å²) in [6, 6.07) is 23.0. The summed E-state index contributed by atoms with van der Waals surface area (Å²) in [6.07, 6.45) is 5.28. The average Bonchev–Trinajstić information content (AvgIpc) is 3.29. The third-order valence-corrected chi connectivity index (χ3v) is 7.55. The average molecular weight is 469 g/mol. The number of benzene rings is 3.